The van der Waals surface area contributed by atoms with Gasteiger partial charge >= 0.3 is 5.97 Å². The third-order valence-corrected chi connectivity index (χ3v) is 4.23. The molecule has 0 aliphatic heterocycles. The number of hydrogen-bond donors (Lipinski definition) is 1. The van der Waals surface area contributed by atoms with E-state index in [1.165, 1.54) is 0 Å². The van der Waals surface area contributed by atoms with E-state index in [1.807, 2.05) is 6.92 Å². The summed E-state index contributed by atoms with van der Waals surface area (Å²) in [5.74, 6) is -8.86. The largest absolute Gasteiger partial charge is 0.420 e. The zero-order chi connectivity index (χ0) is 29.5. The first-order chi connectivity index (χ1) is 18.7. The molecule has 0 fully saturated rings. The molecule has 39 heavy (non-hydrogen) atoms. The van der Waals surface area contributed by atoms with Crippen molar-refractivity contribution < 1.29 is 55.2 Å². The number of rotatable bonds is 19. The Morgan fingerprint density at radius 2 is 1.18 bits per heavy atom. The third-order valence-electron chi connectivity index (χ3n) is 4.23. The fourth-order valence-electron chi connectivity index (χ4n) is 2.46. The van der Waals surface area contributed by atoms with Gasteiger partial charge in [-0.25, -0.2) is 13.2 Å². The summed E-state index contributed by atoms with van der Waals surface area (Å²) in [6.07, 6.45) is 2.86. The molecule has 0 amide bonds. The van der Waals surface area contributed by atoms with Gasteiger partial charge in [-0.1, -0.05) is 13.3 Å². The highest BCUT2D eigenvalue weighted by molar-refractivity contribution is 6.30. The molecule has 0 aliphatic rings. The second-order valence-corrected chi connectivity index (χ2v) is 7.39. The molecule has 10 nitrogen and oxygen atoms in total. The lowest BCUT2D eigenvalue weighted by atomic mass is 10.2. The lowest BCUT2D eigenvalue weighted by Gasteiger charge is -2.09. The molecule has 0 atom stereocenters. The number of benzene rings is 1. The standard InChI is InChI=1S/C22H30F5N3O6.C2H6O/c1-2-3-15(30-28)14-29-5-7-33-9-11-35-13-12-34-10-8-32-6-4-16(31)36-22-20(26)18(24)17(23)19(25)21(22)27;1-3-2/h14H,2-13,28H2,1H3;1-2H3/b29-14?,30-15-;. The second kappa shape index (κ2) is 23.2. The summed E-state index contributed by atoms with van der Waals surface area (Å²) in [5, 5.41) is 3.63. The van der Waals surface area contributed by atoms with Crippen molar-refractivity contribution in [3.63, 3.8) is 0 Å². The van der Waals surface area contributed by atoms with Gasteiger partial charge in [-0.2, -0.15) is 13.9 Å². The van der Waals surface area contributed by atoms with Gasteiger partial charge < -0.3 is 34.3 Å². The number of nitrogens with zero attached hydrogens (tertiary/aromatic N) is 2. The molecule has 1 aromatic rings. The van der Waals surface area contributed by atoms with E-state index >= 15 is 0 Å². The van der Waals surface area contributed by atoms with E-state index in [0.29, 0.717) is 33.0 Å². The SMILES string of the molecule is CCC/C(C=NCCOCCOCCOCCOCCC(=O)Oc1c(F)c(F)c(F)c(F)c1F)=N/N.COC. The van der Waals surface area contributed by atoms with Gasteiger partial charge in [0.2, 0.25) is 34.8 Å². The number of carbonyl (C=O) groups is 1. The van der Waals surface area contributed by atoms with Gasteiger partial charge in [0.1, 0.15) is 0 Å². The quantitative estimate of drug-likeness (QED) is 0.0308. The molecule has 15 heteroatoms. The van der Waals surface area contributed by atoms with E-state index in [9.17, 15) is 26.7 Å². The summed E-state index contributed by atoms with van der Waals surface area (Å²) < 4.78 is 95.6. The molecule has 224 valence electrons. The molecule has 0 aliphatic carbocycles. The van der Waals surface area contributed by atoms with Crippen molar-refractivity contribution in [3.05, 3.63) is 29.1 Å². The topological polar surface area (TPSA) is 123 Å². The summed E-state index contributed by atoms with van der Waals surface area (Å²) in [5.41, 5.74) is 0.736. The number of hydrazone groups is 1. The smallest absolute Gasteiger partial charge is 0.313 e. The zero-order valence-electron chi connectivity index (χ0n) is 22.3. The minimum absolute atomic E-state index is 0.0915. The summed E-state index contributed by atoms with van der Waals surface area (Å²) >= 11 is 0. The maximum atomic E-state index is 13.5. The first kappa shape index (κ1) is 36.3. The lowest BCUT2D eigenvalue weighted by molar-refractivity contribution is -0.136. The van der Waals surface area contributed by atoms with Crippen LogP contribution in [0.2, 0.25) is 0 Å². The molecule has 2 N–H and O–H groups in total. The molecule has 1 aromatic carbocycles. The number of esters is 1. The highest BCUT2D eigenvalue weighted by Gasteiger charge is 2.28. The van der Waals surface area contributed by atoms with Crippen LogP contribution in [0, 0.1) is 29.1 Å². The summed E-state index contributed by atoms with van der Waals surface area (Å²) in [4.78, 5) is 15.7. The average molecular weight is 574 g/mol. The third kappa shape index (κ3) is 16.1. The monoisotopic (exact) mass is 573 g/mol. The Kier molecular flexibility index (Phi) is 21.6. The fourth-order valence-corrected chi connectivity index (χ4v) is 2.46. The first-order valence-electron chi connectivity index (χ1n) is 11.9. The molecule has 0 heterocycles. The van der Waals surface area contributed by atoms with Crippen molar-refractivity contribution in [1.82, 2.24) is 0 Å². The Labute approximate surface area is 224 Å². The van der Waals surface area contributed by atoms with Gasteiger partial charge in [0, 0.05) is 20.4 Å². The molecule has 0 aromatic heterocycles. The Bertz CT molecular complexity index is 863. The molecule has 0 saturated carbocycles. The van der Waals surface area contributed by atoms with Crippen LogP contribution in [0.1, 0.15) is 26.2 Å². The number of halogens is 5. The number of ether oxygens (including phenoxy) is 6. The van der Waals surface area contributed by atoms with E-state index in [0.717, 1.165) is 18.6 Å². The van der Waals surface area contributed by atoms with Crippen LogP contribution in [0.5, 0.6) is 5.75 Å². The number of aliphatic imine (C=N–C) groups is 1. The molecular formula is C24H36F5N3O7. The van der Waals surface area contributed by atoms with E-state index < -0.39 is 47.2 Å². The first-order valence-corrected chi connectivity index (χ1v) is 11.9. The van der Waals surface area contributed by atoms with Crippen LogP contribution in [-0.2, 0) is 28.5 Å². The molecule has 0 unspecified atom stereocenters. The summed E-state index contributed by atoms with van der Waals surface area (Å²) in [6.45, 7) is 4.38. The van der Waals surface area contributed by atoms with Crippen LogP contribution in [0.4, 0.5) is 22.0 Å². The minimum Gasteiger partial charge on any atom is -0.420 e. The summed E-state index contributed by atoms with van der Waals surface area (Å²) in [7, 11) is 3.25. The van der Waals surface area contributed by atoms with Crippen LogP contribution in [0.25, 0.3) is 0 Å². The molecule has 0 saturated heterocycles. The van der Waals surface area contributed by atoms with Crippen molar-refractivity contribution in [3.8, 4) is 5.75 Å². The molecule has 0 spiro atoms. The molecule has 1 rings (SSSR count). The van der Waals surface area contributed by atoms with Gasteiger partial charge in [-0.15, -0.1) is 0 Å². The van der Waals surface area contributed by atoms with Gasteiger partial charge in [0.05, 0.1) is 71.5 Å². The number of methoxy groups -OCH3 is 1. The van der Waals surface area contributed by atoms with Gasteiger partial charge in [-0.3, -0.25) is 9.79 Å². The maximum absolute atomic E-state index is 13.5. The van der Waals surface area contributed by atoms with Crippen molar-refractivity contribution >= 4 is 17.9 Å². The predicted octanol–water partition coefficient (Wildman–Crippen LogP) is 3.19. The van der Waals surface area contributed by atoms with E-state index in [-0.39, 0.29) is 26.4 Å². The van der Waals surface area contributed by atoms with Crippen molar-refractivity contribution in [1.29, 1.82) is 0 Å². The highest BCUT2D eigenvalue weighted by Crippen LogP contribution is 2.29. The van der Waals surface area contributed by atoms with Gasteiger partial charge in [0.15, 0.2) is 0 Å². The van der Waals surface area contributed by atoms with Crippen molar-refractivity contribution in [2.75, 3.05) is 73.6 Å². The van der Waals surface area contributed by atoms with Crippen molar-refractivity contribution in [2.45, 2.75) is 26.2 Å². The van der Waals surface area contributed by atoms with Gasteiger partial charge in [0.25, 0.3) is 0 Å². The Balaban J connectivity index is 0.00000458. The predicted molar refractivity (Wildman–Crippen MR) is 133 cm³/mol. The van der Waals surface area contributed by atoms with E-state index in [2.05, 4.69) is 19.6 Å². The second-order valence-electron chi connectivity index (χ2n) is 7.39. The lowest BCUT2D eigenvalue weighted by Crippen LogP contribution is -2.16. The Hall–Kier alpha value is -2.72. The number of nitrogens with two attached hydrogens (primary N) is 1. The van der Waals surface area contributed by atoms with Gasteiger partial charge in [-0.05, 0) is 6.42 Å². The van der Waals surface area contributed by atoms with Crippen LogP contribution in [0.3, 0.4) is 0 Å². The summed E-state index contributed by atoms with van der Waals surface area (Å²) in [6, 6.07) is 0. The van der Waals surface area contributed by atoms with Crippen LogP contribution < -0.4 is 10.6 Å². The average Bonchev–Trinajstić information content (AvgIpc) is 2.92. The Morgan fingerprint density at radius 1 is 0.744 bits per heavy atom. The fraction of sp³-hybridized carbons (Fsp3) is 0.625. The Morgan fingerprint density at radius 3 is 1.64 bits per heavy atom. The van der Waals surface area contributed by atoms with E-state index in [4.69, 9.17) is 24.8 Å². The van der Waals surface area contributed by atoms with Crippen LogP contribution >= 0.6 is 0 Å². The zero-order valence-corrected chi connectivity index (χ0v) is 22.3. The van der Waals surface area contributed by atoms with Crippen LogP contribution in [-0.4, -0.2) is 91.5 Å². The molecular weight excluding hydrogens is 537 g/mol. The maximum Gasteiger partial charge on any atom is 0.313 e. The molecule has 0 bridgehead atoms. The molecule has 0 radical (unpaired) electrons. The van der Waals surface area contributed by atoms with Crippen LogP contribution in [0.15, 0.2) is 10.1 Å². The number of hydrogen-bond acceptors (Lipinski definition) is 10. The highest BCUT2D eigenvalue weighted by atomic mass is 19.2. The number of carbonyl (C=O) groups excluding carboxylic acids is 1. The minimum atomic E-state index is -2.34. The van der Waals surface area contributed by atoms with E-state index in [1.54, 1.807) is 20.4 Å². The normalized spacial score (nSPS) is 11.5. The van der Waals surface area contributed by atoms with Crippen molar-refractivity contribution in [2.24, 2.45) is 15.9 Å².